The van der Waals surface area contributed by atoms with Crippen LogP contribution in [0.1, 0.15) is 94.4 Å². The summed E-state index contributed by atoms with van der Waals surface area (Å²) >= 11 is 1.42. The summed E-state index contributed by atoms with van der Waals surface area (Å²) in [5, 5.41) is 4.55. The molecular weight excluding hydrogens is 468 g/mol. The van der Waals surface area contributed by atoms with Crippen molar-refractivity contribution in [3.8, 4) is 0 Å². The van der Waals surface area contributed by atoms with Gasteiger partial charge in [0.25, 0.3) is 0 Å². The largest absolute Gasteiger partial charge is 0.444 e. The summed E-state index contributed by atoms with van der Waals surface area (Å²) in [4.78, 5) is 41.6. The molecule has 35 heavy (non-hydrogen) atoms. The van der Waals surface area contributed by atoms with Crippen LogP contribution < -0.4 is 10.6 Å². The third kappa shape index (κ3) is 23.7. The number of thioether (sulfide) groups is 1. The second-order valence-electron chi connectivity index (χ2n) is 10.3. The molecule has 9 nitrogen and oxygen atoms in total. The Morgan fingerprint density at radius 3 is 1.60 bits per heavy atom. The van der Waals surface area contributed by atoms with Crippen LogP contribution in [0.3, 0.4) is 0 Å². The molecule has 2 N–H and O–H groups in total. The summed E-state index contributed by atoms with van der Waals surface area (Å²) in [5.41, 5.74) is -1.39. The zero-order valence-corrected chi connectivity index (χ0v) is 24.7. The Morgan fingerprint density at radius 1 is 0.857 bits per heavy atom. The predicted octanol–water partition coefficient (Wildman–Crippen LogP) is 5.58. The Bertz CT molecular complexity index is 619. The molecule has 0 aromatic carbocycles. The van der Waals surface area contributed by atoms with Gasteiger partial charge >= 0.3 is 12.2 Å². The van der Waals surface area contributed by atoms with E-state index in [0.717, 1.165) is 0 Å². The zero-order valence-electron chi connectivity index (χ0n) is 23.9. The molecule has 1 atom stereocenters. The van der Waals surface area contributed by atoms with Gasteiger partial charge in [0, 0.05) is 5.75 Å². The molecular formula is C25H50N4O5S. The topological polar surface area (TPSA) is 109 Å². The Balaban J connectivity index is 0. The predicted molar refractivity (Wildman–Crippen MR) is 146 cm³/mol. The fourth-order valence-corrected chi connectivity index (χ4v) is 3.49. The van der Waals surface area contributed by atoms with Gasteiger partial charge in [0.05, 0.1) is 6.54 Å². The number of Topliss-reactive ketones (excluding diaryl/α,β-unsaturated/α-hetero) is 1. The number of unbranched alkanes of at least 4 members (excludes halogenated alkanes) is 4. The zero-order chi connectivity index (χ0) is 27.7. The quantitative estimate of drug-likeness (QED) is 0.168. The number of alkyl carbamates (subject to hydrolysis) is 2. The van der Waals surface area contributed by atoms with Crippen molar-refractivity contribution < 1.29 is 23.9 Å². The van der Waals surface area contributed by atoms with Crippen molar-refractivity contribution in [3.05, 3.63) is 0 Å². The minimum Gasteiger partial charge on any atom is -0.444 e. The van der Waals surface area contributed by atoms with Crippen LogP contribution >= 0.6 is 11.8 Å². The second kappa shape index (κ2) is 18.5. The maximum atomic E-state index is 12.0. The first-order valence-electron chi connectivity index (χ1n) is 12.3. The van der Waals surface area contributed by atoms with Gasteiger partial charge in [0.2, 0.25) is 5.96 Å². The van der Waals surface area contributed by atoms with E-state index in [-0.39, 0.29) is 23.7 Å². The van der Waals surface area contributed by atoms with Crippen LogP contribution in [0, 0.1) is 0 Å². The van der Waals surface area contributed by atoms with Crippen molar-refractivity contribution in [2.45, 2.75) is 111 Å². The van der Waals surface area contributed by atoms with Gasteiger partial charge in [0.1, 0.15) is 16.6 Å². The van der Waals surface area contributed by atoms with Crippen molar-refractivity contribution >= 4 is 35.7 Å². The van der Waals surface area contributed by atoms with Gasteiger partial charge in [0.15, 0.2) is 5.78 Å². The van der Waals surface area contributed by atoms with E-state index >= 15 is 0 Å². The molecule has 0 fully saturated rings. The molecule has 0 saturated carbocycles. The van der Waals surface area contributed by atoms with Gasteiger partial charge in [-0.25, -0.2) is 9.59 Å². The van der Waals surface area contributed by atoms with Gasteiger partial charge in [-0.15, -0.1) is 11.8 Å². The van der Waals surface area contributed by atoms with E-state index in [1.165, 1.54) is 50.8 Å². The summed E-state index contributed by atoms with van der Waals surface area (Å²) in [6.07, 6.45) is 5.52. The van der Waals surface area contributed by atoms with Crippen LogP contribution in [0.25, 0.3) is 0 Å². The lowest BCUT2D eigenvalue weighted by Gasteiger charge is -2.22. The summed E-state index contributed by atoms with van der Waals surface area (Å²) in [7, 11) is 3.64. The number of aliphatic imine (C=N–C) groups is 1. The number of hydrogen-bond donors (Lipinski definition) is 2. The van der Waals surface area contributed by atoms with E-state index in [1.54, 1.807) is 41.5 Å². The first-order chi connectivity index (χ1) is 16.0. The van der Waals surface area contributed by atoms with E-state index in [0.29, 0.717) is 5.75 Å². The summed E-state index contributed by atoms with van der Waals surface area (Å²) < 4.78 is 10.4. The maximum Gasteiger partial charge on any atom is 0.414 e. The van der Waals surface area contributed by atoms with E-state index < -0.39 is 23.4 Å². The number of likely N-dealkylation sites (N-methyl/N-ethyl adjacent to an activating group) is 1. The van der Waals surface area contributed by atoms with Crippen molar-refractivity contribution in [1.29, 1.82) is 0 Å². The highest BCUT2D eigenvalue weighted by Gasteiger charge is 2.21. The lowest BCUT2D eigenvalue weighted by Crippen LogP contribution is -2.47. The van der Waals surface area contributed by atoms with E-state index in [4.69, 9.17) is 9.47 Å². The lowest BCUT2D eigenvalue weighted by molar-refractivity contribution is -0.118. The van der Waals surface area contributed by atoms with Crippen LogP contribution in [-0.2, 0) is 14.3 Å². The molecule has 0 bridgehead atoms. The van der Waals surface area contributed by atoms with E-state index in [2.05, 4.69) is 29.5 Å². The third-order valence-electron chi connectivity index (χ3n) is 3.90. The smallest absolute Gasteiger partial charge is 0.414 e. The van der Waals surface area contributed by atoms with Crippen LogP contribution in [0.4, 0.5) is 9.59 Å². The average molecular weight is 519 g/mol. The van der Waals surface area contributed by atoms with Crippen LogP contribution in [0.15, 0.2) is 4.99 Å². The molecule has 0 rings (SSSR count). The average Bonchev–Trinajstić information content (AvgIpc) is 2.64. The first kappa shape index (κ1) is 35.4. The molecule has 1 unspecified atom stereocenters. The number of ketones is 1. The number of hydrogen-bond acceptors (Lipinski definition) is 8. The minimum atomic E-state index is -0.745. The van der Waals surface area contributed by atoms with Gasteiger partial charge in [-0.3, -0.25) is 25.3 Å². The third-order valence-corrected chi connectivity index (χ3v) is 5.39. The van der Waals surface area contributed by atoms with Crippen molar-refractivity contribution in [2.75, 3.05) is 26.4 Å². The van der Waals surface area contributed by atoms with Crippen molar-refractivity contribution in [2.24, 2.45) is 4.99 Å². The molecule has 0 aliphatic carbocycles. The first-order valence-corrected chi connectivity index (χ1v) is 13.4. The SMILES string of the molecule is CC(=O)C(SCCN=C(NC(=O)OC(C)(C)C)NC(=O)OC(C)(C)C)N(C)C.CCCCCCC. The lowest BCUT2D eigenvalue weighted by atomic mass is 10.2. The Kier molecular flexibility index (Phi) is 18.6. The Labute approximate surface area is 217 Å². The monoisotopic (exact) mass is 518 g/mol. The number of guanidine groups is 1. The number of rotatable bonds is 10. The minimum absolute atomic E-state index is 0.0398. The molecule has 0 aromatic heterocycles. The molecule has 0 spiro atoms. The molecule has 0 radical (unpaired) electrons. The molecule has 0 aliphatic heterocycles. The molecule has 10 heteroatoms. The van der Waals surface area contributed by atoms with Gasteiger partial charge in [-0.2, -0.15) is 0 Å². The molecule has 0 aromatic rings. The highest BCUT2D eigenvalue weighted by Crippen LogP contribution is 2.14. The number of nitrogens with one attached hydrogen (secondary N) is 2. The molecule has 0 aliphatic rings. The maximum absolute atomic E-state index is 12.0. The number of nitrogens with zero attached hydrogens (tertiary/aromatic N) is 2. The Morgan fingerprint density at radius 2 is 1.29 bits per heavy atom. The number of ether oxygens (including phenoxy) is 2. The fraction of sp³-hybridized carbons (Fsp3) is 0.840. The van der Waals surface area contributed by atoms with Crippen molar-refractivity contribution in [1.82, 2.24) is 15.5 Å². The number of carbonyl (C=O) groups is 3. The van der Waals surface area contributed by atoms with Gasteiger partial charge in [-0.1, -0.05) is 46.0 Å². The molecule has 2 amide bonds. The highest BCUT2D eigenvalue weighted by atomic mass is 32.2. The molecule has 206 valence electrons. The van der Waals surface area contributed by atoms with Crippen LogP contribution in [0.5, 0.6) is 0 Å². The molecule has 0 heterocycles. The number of amides is 2. The number of carbonyl (C=O) groups excluding carboxylic acids is 3. The van der Waals surface area contributed by atoms with Crippen LogP contribution in [-0.4, -0.2) is 71.8 Å². The normalized spacial score (nSPS) is 12.1. The summed E-state index contributed by atoms with van der Waals surface area (Å²) in [6.45, 7) is 16.6. The summed E-state index contributed by atoms with van der Waals surface area (Å²) in [5.74, 6) is 0.476. The van der Waals surface area contributed by atoms with Gasteiger partial charge in [-0.05, 0) is 62.6 Å². The highest BCUT2D eigenvalue weighted by molar-refractivity contribution is 8.00. The standard InChI is InChI=1S/C18H34N4O5S.C7H16/c1-12(23)13(22(8)9)28-11-10-19-14(20-15(24)26-17(2,3)4)21-16(25)27-18(5,6)7;1-3-5-7-6-4-2/h13H,10-11H2,1-9H3,(H2,19,20,21,24,25);3-7H2,1-2H3. The fourth-order valence-electron chi connectivity index (χ4n) is 2.54. The van der Waals surface area contributed by atoms with Crippen LogP contribution in [0.2, 0.25) is 0 Å². The molecule has 0 saturated heterocycles. The Hall–Kier alpha value is -1.81. The van der Waals surface area contributed by atoms with Crippen molar-refractivity contribution in [3.63, 3.8) is 0 Å². The summed E-state index contributed by atoms with van der Waals surface area (Å²) in [6, 6.07) is 0. The van der Waals surface area contributed by atoms with E-state index in [9.17, 15) is 14.4 Å². The van der Waals surface area contributed by atoms with E-state index in [1.807, 2.05) is 19.0 Å². The van der Waals surface area contributed by atoms with Gasteiger partial charge < -0.3 is 9.47 Å². The second-order valence-corrected chi connectivity index (χ2v) is 11.5.